The summed E-state index contributed by atoms with van der Waals surface area (Å²) in [5.41, 5.74) is 1.03. The predicted octanol–water partition coefficient (Wildman–Crippen LogP) is 1.85. The molecule has 1 heterocycles. The number of aliphatic hydroxyl groups excluding tert-OH is 1. The molecule has 1 aliphatic rings. The van der Waals surface area contributed by atoms with Crippen molar-refractivity contribution in [1.29, 1.82) is 0 Å². The topological polar surface area (TPSA) is 59.4 Å². The first-order valence-electron chi connectivity index (χ1n) is 5.97. The number of carbonyl (C=O) groups is 1. The number of rotatable bonds is 2. The van der Waals surface area contributed by atoms with Crippen molar-refractivity contribution in [2.75, 3.05) is 0 Å². The quantitative estimate of drug-likeness (QED) is 0.795. The lowest BCUT2D eigenvalue weighted by atomic mass is 9.88. The Hall–Kier alpha value is -1.42. The van der Waals surface area contributed by atoms with Crippen LogP contribution in [-0.4, -0.2) is 22.2 Å². The summed E-state index contributed by atoms with van der Waals surface area (Å²) in [4.78, 5) is 15.9. The second-order valence-electron chi connectivity index (χ2n) is 4.60. The zero-order valence-electron chi connectivity index (χ0n) is 9.93. The molecule has 1 saturated carbocycles. The first kappa shape index (κ1) is 12.0. The Kier molecular flexibility index (Phi) is 3.74. The molecule has 0 aliphatic heterocycles. The molecule has 0 atom stereocenters. The lowest BCUT2D eigenvalue weighted by molar-refractivity contribution is -0.140. The summed E-state index contributed by atoms with van der Waals surface area (Å²) >= 11 is 0. The van der Waals surface area contributed by atoms with Crippen molar-refractivity contribution in [2.24, 2.45) is 5.92 Å². The number of carbonyl (C=O) groups excluding carboxylic acids is 1. The van der Waals surface area contributed by atoms with Gasteiger partial charge < -0.3 is 9.84 Å². The lowest BCUT2D eigenvalue weighted by Gasteiger charge is -2.23. The van der Waals surface area contributed by atoms with Crippen LogP contribution in [0.25, 0.3) is 0 Å². The molecule has 1 N–H and O–H groups in total. The Morgan fingerprint density at radius 3 is 2.65 bits per heavy atom. The molecule has 17 heavy (non-hydrogen) atoms. The highest BCUT2D eigenvalue weighted by Gasteiger charge is 2.26. The molecule has 1 fully saturated rings. The summed E-state index contributed by atoms with van der Waals surface area (Å²) in [6, 6.07) is 3.56. The molecule has 4 nitrogen and oxygen atoms in total. The number of esters is 1. The molecule has 4 heteroatoms. The van der Waals surface area contributed by atoms with Crippen molar-refractivity contribution < 1.29 is 14.6 Å². The van der Waals surface area contributed by atoms with Crippen molar-refractivity contribution >= 4 is 5.97 Å². The predicted molar refractivity (Wildman–Crippen MR) is 62.6 cm³/mol. The van der Waals surface area contributed by atoms with E-state index in [1.54, 1.807) is 12.3 Å². The number of nitrogens with zero attached hydrogens (tertiary/aromatic N) is 1. The fourth-order valence-corrected chi connectivity index (χ4v) is 2.01. The average molecular weight is 235 g/mol. The van der Waals surface area contributed by atoms with Gasteiger partial charge in [-0.3, -0.25) is 4.79 Å². The van der Waals surface area contributed by atoms with Gasteiger partial charge in [-0.1, -0.05) is 6.07 Å². The highest BCUT2D eigenvalue weighted by Crippen LogP contribution is 2.25. The van der Waals surface area contributed by atoms with Gasteiger partial charge in [-0.2, -0.15) is 0 Å². The molecule has 0 spiro atoms. The number of hydrogen-bond acceptors (Lipinski definition) is 4. The van der Waals surface area contributed by atoms with Crippen molar-refractivity contribution in [3.63, 3.8) is 0 Å². The highest BCUT2D eigenvalue weighted by molar-refractivity contribution is 5.74. The maximum Gasteiger partial charge on any atom is 0.315 e. The molecule has 2 rings (SSSR count). The summed E-state index contributed by atoms with van der Waals surface area (Å²) in [6.45, 7) is 1.93. The third kappa shape index (κ3) is 3.27. The molecule has 0 saturated heterocycles. The van der Waals surface area contributed by atoms with E-state index in [2.05, 4.69) is 4.98 Å². The van der Waals surface area contributed by atoms with Gasteiger partial charge >= 0.3 is 5.97 Å². The van der Waals surface area contributed by atoms with Crippen molar-refractivity contribution in [2.45, 2.75) is 38.7 Å². The van der Waals surface area contributed by atoms with Crippen LogP contribution in [-0.2, 0) is 4.79 Å². The second kappa shape index (κ2) is 5.27. The number of aromatic nitrogens is 1. The second-order valence-corrected chi connectivity index (χ2v) is 4.60. The van der Waals surface area contributed by atoms with Crippen LogP contribution in [0.2, 0.25) is 0 Å². The van der Waals surface area contributed by atoms with E-state index in [0.717, 1.165) is 5.56 Å². The first-order valence-corrected chi connectivity index (χ1v) is 5.97. The number of aliphatic hydroxyl groups is 1. The fraction of sp³-hybridized carbons (Fsp3) is 0.538. The van der Waals surface area contributed by atoms with E-state index in [4.69, 9.17) is 4.74 Å². The number of pyridine rings is 1. The van der Waals surface area contributed by atoms with Crippen LogP contribution in [0.15, 0.2) is 18.3 Å². The minimum absolute atomic E-state index is 0.0958. The van der Waals surface area contributed by atoms with Gasteiger partial charge in [0.1, 0.15) is 0 Å². The zero-order valence-corrected chi connectivity index (χ0v) is 9.93. The molecule has 0 aromatic carbocycles. The van der Waals surface area contributed by atoms with Crippen LogP contribution < -0.4 is 4.74 Å². The molecule has 0 radical (unpaired) electrons. The minimum Gasteiger partial charge on any atom is -0.407 e. The van der Waals surface area contributed by atoms with Gasteiger partial charge in [-0.15, -0.1) is 0 Å². The Labute approximate surface area is 101 Å². The average Bonchev–Trinajstić information content (AvgIpc) is 2.33. The molecule has 1 aromatic heterocycles. The van der Waals surface area contributed by atoms with Crippen LogP contribution in [0, 0.1) is 12.8 Å². The molecule has 1 aromatic rings. The number of aryl methyl sites for hydroxylation is 1. The Morgan fingerprint density at radius 2 is 2.06 bits per heavy atom. The van der Waals surface area contributed by atoms with E-state index in [0.29, 0.717) is 31.6 Å². The SMILES string of the molecule is Cc1ccc(OC(=O)C2CCC(O)CC2)nc1. The zero-order chi connectivity index (χ0) is 12.3. The third-order valence-corrected chi connectivity index (χ3v) is 3.12. The molecule has 0 amide bonds. The van der Waals surface area contributed by atoms with E-state index in [9.17, 15) is 9.90 Å². The fourth-order valence-electron chi connectivity index (χ4n) is 2.01. The van der Waals surface area contributed by atoms with Gasteiger partial charge in [-0.05, 0) is 38.2 Å². The smallest absolute Gasteiger partial charge is 0.315 e. The van der Waals surface area contributed by atoms with Gasteiger partial charge in [0.2, 0.25) is 5.88 Å². The van der Waals surface area contributed by atoms with Crippen LogP contribution >= 0.6 is 0 Å². The Balaban J connectivity index is 1.90. The Bertz CT molecular complexity index is 380. The first-order chi connectivity index (χ1) is 8.15. The summed E-state index contributed by atoms with van der Waals surface area (Å²) in [7, 11) is 0. The summed E-state index contributed by atoms with van der Waals surface area (Å²) in [5, 5.41) is 9.36. The molecule has 0 bridgehead atoms. The Morgan fingerprint density at radius 1 is 1.35 bits per heavy atom. The molecule has 0 unspecified atom stereocenters. The van der Waals surface area contributed by atoms with Crippen molar-refractivity contribution in [1.82, 2.24) is 4.98 Å². The van der Waals surface area contributed by atoms with E-state index in [1.165, 1.54) is 0 Å². The van der Waals surface area contributed by atoms with Crippen molar-refractivity contribution in [3.8, 4) is 5.88 Å². The third-order valence-electron chi connectivity index (χ3n) is 3.12. The summed E-state index contributed by atoms with van der Waals surface area (Å²) < 4.78 is 5.21. The summed E-state index contributed by atoms with van der Waals surface area (Å²) in [5.74, 6) is 0.0291. The van der Waals surface area contributed by atoms with Crippen LogP contribution in [0.5, 0.6) is 5.88 Å². The van der Waals surface area contributed by atoms with Gasteiger partial charge in [-0.25, -0.2) is 4.98 Å². The van der Waals surface area contributed by atoms with Crippen LogP contribution in [0.1, 0.15) is 31.2 Å². The van der Waals surface area contributed by atoms with E-state index < -0.39 is 0 Å². The van der Waals surface area contributed by atoms with Gasteiger partial charge in [0.25, 0.3) is 0 Å². The maximum absolute atomic E-state index is 11.8. The largest absolute Gasteiger partial charge is 0.407 e. The molecule has 1 aliphatic carbocycles. The van der Waals surface area contributed by atoms with Gasteiger partial charge in [0.05, 0.1) is 12.0 Å². The van der Waals surface area contributed by atoms with E-state index >= 15 is 0 Å². The standard InChI is InChI=1S/C13H17NO3/c1-9-2-7-12(14-8-9)17-13(16)10-3-5-11(15)6-4-10/h2,7-8,10-11,15H,3-6H2,1H3. The minimum atomic E-state index is -0.253. The molecular formula is C13H17NO3. The van der Waals surface area contributed by atoms with E-state index in [1.807, 2.05) is 13.0 Å². The number of hydrogen-bond donors (Lipinski definition) is 1. The molecular weight excluding hydrogens is 218 g/mol. The van der Waals surface area contributed by atoms with Gasteiger partial charge in [0, 0.05) is 12.3 Å². The normalized spacial score (nSPS) is 24.4. The molecule has 92 valence electrons. The highest BCUT2D eigenvalue weighted by atomic mass is 16.5. The maximum atomic E-state index is 11.8. The monoisotopic (exact) mass is 235 g/mol. The van der Waals surface area contributed by atoms with E-state index in [-0.39, 0.29) is 18.0 Å². The van der Waals surface area contributed by atoms with Crippen molar-refractivity contribution in [3.05, 3.63) is 23.9 Å². The number of ether oxygens (including phenoxy) is 1. The lowest BCUT2D eigenvalue weighted by Crippen LogP contribution is -2.27. The summed E-state index contributed by atoms with van der Waals surface area (Å²) in [6.07, 6.45) is 4.18. The van der Waals surface area contributed by atoms with Crippen LogP contribution in [0.4, 0.5) is 0 Å². The van der Waals surface area contributed by atoms with Crippen LogP contribution in [0.3, 0.4) is 0 Å². The van der Waals surface area contributed by atoms with Gasteiger partial charge in [0.15, 0.2) is 0 Å².